The third-order valence-corrected chi connectivity index (χ3v) is 2.55. The number of carboxylic acid groups (broad SMARTS) is 1. The lowest BCUT2D eigenvalue weighted by molar-refractivity contribution is -0.138. The molecule has 0 saturated carbocycles. The first-order chi connectivity index (χ1) is 8.52. The summed E-state index contributed by atoms with van der Waals surface area (Å²) in [5.41, 5.74) is 0.876. The van der Waals surface area contributed by atoms with Gasteiger partial charge in [-0.1, -0.05) is 0 Å². The van der Waals surface area contributed by atoms with E-state index in [4.69, 9.17) is 9.84 Å². The van der Waals surface area contributed by atoms with Crippen molar-refractivity contribution in [2.24, 2.45) is 0 Å². The van der Waals surface area contributed by atoms with E-state index in [0.717, 1.165) is 5.69 Å². The van der Waals surface area contributed by atoms with Gasteiger partial charge in [-0.3, -0.25) is 14.4 Å². The molecule has 18 heavy (non-hydrogen) atoms. The number of rotatable bonds is 8. The summed E-state index contributed by atoms with van der Waals surface area (Å²) in [7, 11) is 1.60. The minimum atomic E-state index is -0.839. The van der Waals surface area contributed by atoms with Crippen LogP contribution < -0.4 is 0 Å². The highest BCUT2D eigenvalue weighted by Gasteiger charge is 2.12. The van der Waals surface area contributed by atoms with Crippen LogP contribution in [0.4, 0.5) is 0 Å². The van der Waals surface area contributed by atoms with Crippen molar-refractivity contribution in [3.8, 4) is 0 Å². The van der Waals surface area contributed by atoms with Gasteiger partial charge in [0.2, 0.25) is 0 Å². The zero-order valence-electron chi connectivity index (χ0n) is 11.2. The summed E-state index contributed by atoms with van der Waals surface area (Å²) in [6.07, 6.45) is 1.91. The van der Waals surface area contributed by atoms with E-state index in [-0.39, 0.29) is 6.54 Å². The van der Waals surface area contributed by atoms with Gasteiger partial charge in [0.25, 0.3) is 0 Å². The molecule has 1 rings (SSSR count). The Labute approximate surface area is 107 Å². The Morgan fingerprint density at radius 1 is 1.61 bits per heavy atom. The lowest BCUT2D eigenvalue weighted by atomic mass is 10.3. The Hall–Kier alpha value is -1.40. The molecular weight excluding hydrogens is 234 g/mol. The number of hydrogen-bond donors (Lipinski definition) is 1. The number of nitrogens with zero attached hydrogens (tertiary/aromatic N) is 3. The molecule has 1 aromatic heterocycles. The van der Waals surface area contributed by atoms with Crippen LogP contribution in [0.1, 0.15) is 25.6 Å². The normalized spacial score (nSPS) is 11.4. The van der Waals surface area contributed by atoms with E-state index in [2.05, 4.69) is 18.9 Å². The van der Waals surface area contributed by atoms with Gasteiger partial charge >= 0.3 is 5.97 Å². The van der Waals surface area contributed by atoms with Gasteiger partial charge in [0.1, 0.15) is 0 Å². The van der Waals surface area contributed by atoms with E-state index in [1.807, 2.05) is 16.9 Å². The van der Waals surface area contributed by atoms with E-state index >= 15 is 0 Å². The van der Waals surface area contributed by atoms with Crippen LogP contribution in [0.5, 0.6) is 0 Å². The maximum Gasteiger partial charge on any atom is 0.317 e. The summed E-state index contributed by atoms with van der Waals surface area (Å²) in [5, 5.41) is 13.3. The molecule has 0 spiro atoms. The summed E-state index contributed by atoms with van der Waals surface area (Å²) in [6.45, 7) is 5.72. The molecule has 0 unspecified atom stereocenters. The van der Waals surface area contributed by atoms with E-state index in [0.29, 0.717) is 25.7 Å². The smallest absolute Gasteiger partial charge is 0.317 e. The summed E-state index contributed by atoms with van der Waals surface area (Å²) in [4.78, 5) is 12.6. The molecule has 0 bridgehead atoms. The second-order valence-corrected chi connectivity index (χ2v) is 4.48. The molecule has 1 aromatic rings. The van der Waals surface area contributed by atoms with Gasteiger partial charge in [-0.05, 0) is 19.9 Å². The molecule has 0 aliphatic rings. The number of aromatic nitrogens is 2. The largest absolute Gasteiger partial charge is 0.480 e. The van der Waals surface area contributed by atoms with Crippen molar-refractivity contribution in [1.29, 1.82) is 0 Å². The van der Waals surface area contributed by atoms with Crippen molar-refractivity contribution in [3.63, 3.8) is 0 Å². The summed E-state index contributed by atoms with van der Waals surface area (Å²) in [6, 6.07) is 2.23. The lowest BCUT2D eigenvalue weighted by Gasteiger charge is -2.18. The molecule has 102 valence electrons. The van der Waals surface area contributed by atoms with Crippen molar-refractivity contribution in [2.45, 2.75) is 26.4 Å². The molecule has 0 saturated heterocycles. The second kappa shape index (κ2) is 7.13. The standard InChI is InChI=1S/C12H21N3O3/c1-10(2)15-5-4-11(13-15)8-14(6-7-18-3)9-12(16)17/h4-5,10H,6-9H2,1-3H3,(H,16,17). The van der Waals surface area contributed by atoms with Crippen molar-refractivity contribution in [2.75, 3.05) is 26.8 Å². The molecule has 0 aliphatic heterocycles. The Balaban J connectivity index is 2.59. The number of ether oxygens (including phenoxy) is 1. The van der Waals surface area contributed by atoms with Crippen LogP contribution in [0.25, 0.3) is 0 Å². The number of hydrogen-bond acceptors (Lipinski definition) is 4. The van der Waals surface area contributed by atoms with Crippen molar-refractivity contribution < 1.29 is 14.6 Å². The maximum absolute atomic E-state index is 10.8. The fourth-order valence-corrected chi connectivity index (χ4v) is 1.60. The first-order valence-corrected chi connectivity index (χ1v) is 6.00. The van der Waals surface area contributed by atoms with Crippen LogP contribution in [0.3, 0.4) is 0 Å². The van der Waals surface area contributed by atoms with Gasteiger partial charge in [0.15, 0.2) is 0 Å². The van der Waals surface area contributed by atoms with Crippen molar-refractivity contribution in [1.82, 2.24) is 14.7 Å². The number of carboxylic acids is 1. The highest BCUT2D eigenvalue weighted by atomic mass is 16.5. The summed E-state index contributed by atoms with van der Waals surface area (Å²) in [5.74, 6) is -0.839. The average Bonchev–Trinajstić information content (AvgIpc) is 2.73. The number of aliphatic carboxylic acids is 1. The third-order valence-electron chi connectivity index (χ3n) is 2.55. The monoisotopic (exact) mass is 255 g/mol. The van der Waals surface area contributed by atoms with Crippen LogP contribution in [0, 0.1) is 0 Å². The van der Waals surface area contributed by atoms with Gasteiger partial charge in [0.05, 0.1) is 18.8 Å². The minimum absolute atomic E-state index is 0.00208. The molecule has 0 fully saturated rings. The molecule has 6 nitrogen and oxygen atoms in total. The average molecular weight is 255 g/mol. The van der Waals surface area contributed by atoms with Gasteiger partial charge in [-0.15, -0.1) is 0 Å². The molecule has 0 amide bonds. The van der Waals surface area contributed by atoms with Crippen LogP contribution >= 0.6 is 0 Å². The first kappa shape index (κ1) is 14.7. The lowest BCUT2D eigenvalue weighted by Crippen LogP contribution is -2.32. The van der Waals surface area contributed by atoms with Crippen molar-refractivity contribution >= 4 is 5.97 Å². The van der Waals surface area contributed by atoms with Gasteiger partial charge in [0, 0.05) is 32.4 Å². The van der Waals surface area contributed by atoms with E-state index < -0.39 is 5.97 Å². The SMILES string of the molecule is COCCN(CC(=O)O)Cc1ccn(C(C)C)n1. The molecular formula is C12H21N3O3. The molecule has 6 heteroatoms. The zero-order valence-corrected chi connectivity index (χ0v) is 11.2. The topological polar surface area (TPSA) is 67.6 Å². The molecule has 0 radical (unpaired) electrons. The first-order valence-electron chi connectivity index (χ1n) is 6.00. The predicted molar refractivity (Wildman–Crippen MR) is 67.4 cm³/mol. The molecule has 0 atom stereocenters. The van der Waals surface area contributed by atoms with Gasteiger partial charge < -0.3 is 9.84 Å². The van der Waals surface area contributed by atoms with Crippen LogP contribution in [0.15, 0.2) is 12.3 Å². The Bertz CT molecular complexity index is 376. The number of methoxy groups -OCH3 is 1. The highest BCUT2D eigenvalue weighted by molar-refractivity contribution is 5.69. The fourth-order valence-electron chi connectivity index (χ4n) is 1.60. The van der Waals surface area contributed by atoms with Crippen LogP contribution in [0.2, 0.25) is 0 Å². The van der Waals surface area contributed by atoms with E-state index in [1.54, 1.807) is 12.0 Å². The van der Waals surface area contributed by atoms with Crippen molar-refractivity contribution in [3.05, 3.63) is 18.0 Å². The highest BCUT2D eigenvalue weighted by Crippen LogP contribution is 2.06. The quantitative estimate of drug-likeness (QED) is 0.750. The van der Waals surface area contributed by atoms with Gasteiger partial charge in [-0.25, -0.2) is 0 Å². The maximum atomic E-state index is 10.8. The third kappa shape index (κ3) is 4.85. The van der Waals surface area contributed by atoms with Crippen LogP contribution in [-0.4, -0.2) is 52.6 Å². The minimum Gasteiger partial charge on any atom is -0.480 e. The zero-order chi connectivity index (χ0) is 13.5. The molecule has 0 aromatic carbocycles. The number of carbonyl (C=O) groups is 1. The van der Waals surface area contributed by atoms with E-state index in [9.17, 15) is 4.79 Å². The molecule has 1 N–H and O–H groups in total. The predicted octanol–water partition coefficient (Wildman–Crippen LogP) is 0.997. The molecule has 0 aliphatic carbocycles. The summed E-state index contributed by atoms with van der Waals surface area (Å²) >= 11 is 0. The fraction of sp³-hybridized carbons (Fsp3) is 0.667. The Morgan fingerprint density at radius 3 is 2.83 bits per heavy atom. The van der Waals surface area contributed by atoms with Gasteiger partial charge in [-0.2, -0.15) is 5.10 Å². The second-order valence-electron chi connectivity index (χ2n) is 4.48. The Morgan fingerprint density at radius 2 is 2.33 bits per heavy atom. The Kier molecular flexibility index (Phi) is 5.80. The summed E-state index contributed by atoms with van der Waals surface area (Å²) < 4.78 is 6.84. The van der Waals surface area contributed by atoms with Crippen LogP contribution in [-0.2, 0) is 16.1 Å². The molecule has 1 heterocycles. The van der Waals surface area contributed by atoms with E-state index in [1.165, 1.54) is 0 Å².